The smallest absolute Gasteiger partial charge is 0.129 e. The molecule has 0 saturated heterocycles. The van der Waals surface area contributed by atoms with E-state index in [4.69, 9.17) is 5.11 Å². The van der Waals surface area contributed by atoms with Crippen LogP contribution < -0.4 is 0 Å². The fourth-order valence-electron chi connectivity index (χ4n) is 0.964. The van der Waals surface area contributed by atoms with Gasteiger partial charge in [0, 0.05) is 13.0 Å². The van der Waals surface area contributed by atoms with Gasteiger partial charge in [-0.3, -0.25) is 0 Å². The monoisotopic (exact) mass is 202 g/mol. The second kappa shape index (κ2) is 15.1. The van der Waals surface area contributed by atoms with E-state index in [-0.39, 0.29) is 0 Å². The predicted octanol–water partition coefficient (Wildman–Crippen LogP) is 3.32. The van der Waals surface area contributed by atoms with Crippen LogP contribution in [0.15, 0.2) is 0 Å². The Balaban J connectivity index is 0. The molecule has 0 rings (SSSR count). The molecule has 0 aromatic rings. The van der Waals surface area contributed by atoms with Gasteiger partial charge in [-0.15, -0.1) is 0 Å². The van der Waals surface area contributed by atoms with E-state index in [1.54, 1.807) is 6.92 Å². The molecule has 0 aromatic heterocycles. The van der Waals surface area contributed by atoms with E-state index in [1.165, 1.54) is 19.3 Å². The van der Waals surface area contributed by atoms with E-state index < -0.39 is 0 Å². The van der Waals surface area contributed by atoms with Crippen LogP contribution in [0.2, 0.25) is 0 Å². The van der Waals surface area contributed by atoms with Crippen molar-refractivity contribution in [1.82, 2.24) is 0 Å². The summed E-state index contributed by atoms with van der Waals surface area (Å²) in [5.74, 6) is 0.307. The van der Waals surface area contributed by atoms with Crippen LogP contribution in [-0.4, -0.2) is 17.5 Å². The second-order valence-corrected chi connectivity index (χ2v) is 3.59. The van der Waals surface area contributed by atoms with Gasteiger partial charge < -0.3 is 9.90 Å². The van der Waals surface area contributed by atoms with Crippen molar-refractivity contribution in [2.75, 3.05) is 6.61 Å². The maximum Gasteiger partial charge on any atom is 0.129 e. The lowest BCUT2D eigenvalue weighted by molar-refractivity contribution is -0.117. The molecule has 0 fully saturated rings. The Labute approximate surface area is 88.7 Å². The van der Waals surface area contributed by atoms with E-state index in [1.807, 2.05) is 0 Å². The van der Waals surface area contributed by atoms with Gasteiger partial charge >= 0.3 is 0 Å². The number of carbonyl (C=O) groups excluding carboxylic acids is 1. The number of ketones is 1. The van der Waals surface area contributed by atoms with Gasteiger partial charge in [-0.05, 0) is 19.8 Å². The molecule has 2 heteroatoms. The van der Waals surface area contributed by atoms with Gasteiger partial charge in [0.15, 0.2) is 0 Å². The topological polar surface area (TPSA) is 37.3 Å². The predicted molar refractivity (Wildman–Crippen MR) is 61.4 cm³/mol. The Morgan fingerprint density at radius 1 is 1.00 bits per heavy atom. The molecule has 0 bridgehead atoms. The first-order valence-corrected chi connectivity index (χ1v) is 5.79. The van der Waals surface area contributed by atoms with E-state index in [9.17, 15) is 4.79 Å². The number of hydrogen-bond acceptors (Lipinski definition) is 2. The average molecular weight is 202 g/mol. The molecule has 0 aliphatic heterocycles. The van der Waals surface area contributed by atoms with Crippen molar-refractivity contribution < 1.29 is 9.90 Å². The summed E-state index contributed by atoms with van der Waals surface area (Å²) >= 11 is 0. The first kappa shape index (κ1) is 16.1. The van der Waals surface area contributed by atoms with E-state index in [2.05, 4.69) is 13.8 Å². The van der Waals surface area contributed by atoms with Crippen LogP contribution in [0.1, 0.15) is 65.7 Å². The van der Waals surface area contributed by atoms with Crippen LogP contribution in [0, 0.1) is 0 Å². The maximum absolute atomic E-state index is 10.2. The highest BCUT2D eigenvalue weighted by molar-refractivity contribution is 5.75. The third-order valence-electron chi connectivity index (χ3n) is 1.89. The van der Waals surface area contributed by atoms with Crippen molar-refractivity contribution in [3.05, 3.63) is 0 Å². The van der Waals surface area contributed by atoms with Crippen LogP contribution in [0.4, 0.5) is 0 Å². The van der Waals surface area contributed by atoms with E-state index >= 15 is 0 Å². The minimum atomic E-state index is 0.307. The number of aliphatic hydroxyl groups is 1. The van der Waals surface area contributed by atoms with Crippen molar-refractivity contribution in [3.63, 3.8) is 0 Å². The molecule has 0 radical (unpaired) electrons. The Morgan fingerprint density at radius 2 is 1.57 bits per heavy atom. The number of Topliss-reactive ketones (excluding diaryl/α,β-unsaturated/α-hetero) is 1. The van der Waals surface area contributed by atoms with Gasteiger partial charge in [0.25, 0.3) is 0 Å². The molecule has 0 aliphatic carbocycles. The van der Waals surface area contributed by atoms with Crippen LogP contribution in [0.5, 0.6) is 0 Å². The number of aliphatic hydroxyl groups excluding tert-OH is 1. The lowest BCUT2D eigenvalue weighted by Crippen LogP contribution is -1.86. The fourth-order valence-corrected chi connectivity index (χ4v) is 0.964. The van der Waals surface area contributed by atoms with Gasteiger partial charge in [0.1, 0.15) is 5.78 Å². The first-order chi connectivity index (χ1) is 6.68. The molecule has 86 valence electrons. The SMILES string of the molecule is CCCCC(C)=O.CCCCCCO. The Bertz CT molecular complexity index is 107. The summed E-state index contributed by atoms with van der Waals surface area (Å²) in [6.07, 6.45) is 7.62. The average Bonchev–Trinajstić information content (AvgIpc) is 2.16. The molecule has 0 aromatic carbocycles. The largest absolute Gasteiger partial charge is 0.396 e. The molecular formula is C12H26O2. The van der Waals surface area contributed by atoms with Gasteiger partial charge in [0.05, 0.1) is 0 Å². The van der Waals surface area contributed by atoms with Gasteiger partial charge in [-0.1, -0.05) is 39.5 Å². The Hall–Kier alpha value is -0.370. The maximum atomic E-state index is 10.2. The molecule has 0 unspecified atom stereocenters. The molecule has 0 atom stereocenters. The summed E-state index contributed by atoms with van der Waals surface area (Å²) < 4.78 is 0. The Kier molecular flexibility index (Phi) is 17.4. The van der Waals surface area contributed by atoms with Crippen molar-refractivity contribution in [1.29, 1.82) is 0 Å². The Morgan fingerprint density at radius 3 is 1.86 bits per heavy atom. The van der Waals surface area contributed by atoms with Crippen LogP contribution in [0.3, 0.4) is 0 Å². The summed E-state index contributed by atoms with van der Waals surface area (Å²) in [6, 6.07) is 0. The summed E-state index contributed by atoms with van der Waals surface area (Å²) in [6.45, 7) is 6.25. The fraction of sp³-hybridized carbons (Fsp3) is 0.917. The van der Waals surface area contributed by atoms with Crippen molar-refractivity contribution >= 4 is 5.78 Å². The van der Waals surface area contributed by atoms with Crippen LogP contribution in [-0.2, 0) is 4.79 Å². The molecule has 0 amide bonds. The van der Waals surface area contributed by atoms with Crippen molar-refractivity contribution in [2.45, 2.75) is 65.7 Å². The zero-order valence-corrected chi connectivity index (χ0v) is 10.0. The lowest BCUT2D eigenvalue weighted by atomic mass is 10.2. The molecule has 14 heavy (non-hydrogen) atoms. The summed E-state index contributed by atoms with van der Waals surface area (Å²) in [4.78, 5) is 10.2. The summed E-state index contributed by atoms with van der Waals surface area (Å²) in [5, 5.41) is 8.29. The van der Waals surface area contributed by atoms with E-state index in [0.717, 1.165) is 25.7 Å². The summed E-state index contributed by atoms with van der Waals surface area (Å²) in [7, 11) is 0. The van der Waals surface area contributed by atoms with Crippen molar-refractivity contribution in [2.24, 2.45) is 0 Å². The quantitative estimate of drug-likeness (QED) is 0.643. The zero-order chi connectivity index (χ0) is 11.2. The third-order valence-corrected chi connectivity index (χ3v) is 1.89. The molecule has 0 heterocycles. The number of carbonyl (C=O) groups is 1. The second-order valence-electron chi connectivity index (χ2n) is 3.59. The molecule has 0 saturated carbocycles. The molecule has 1 N–H and O–H groups in total. The van der Waals surface area contributed by atoms with Crippen LogP contribution in [0.25, 0.3) is 0 Å². The highest BCUT2D eigenvalue weighted by Crippen LogP contribution is 1.96. The standard InChI is InChI=1S/C6H12O.C6H14O/c1-3-4-5-6(2)7;1-2-3-4-5-6-7/h3-5H2,1-2H3;7H,2-6H2,1H3. The van der Waals surface area contributed by atoms with Gasteiger partial charge in [-0.2, -0.15) is 0 Å². The van der Waals surface area contributed by atoms with Crippen molar-refractivity contribution in [3.8, 4) is 0 Å². The molecular weight excluding hydrogens is 176 g/mol. The summed E-state index contributed by atoms with van der Waals surface area (Å²) in [5.41, 5.74) is 0. The third kappa shape index (κ3) is 22.6. The zero-order valence-electron chi connectivity index (χ0n) is 10.0. The van der Waals surface area contributed by atoms with Gasteiger partial charge in [0.2, 0.25) is 0 Å². The minimum Gasteiger partial charge on any atom is -0.396 e. The minimum absolute atomic E-state index is 0.307. The van der Waals surface area contributed by atoms with E-state index in [0.29, 0.717) is 12.4 Å². The van der Waals surface area contributed by atoms with Gasteiger partial charge in [-0.25, -0.2) is 0 Å². The highest BCUT2D eigenvalue weighted by Gasteiger charge is 1.87. The highest BCUT2D eigenvalue weighted by atomic mass is 16.2. The first-order valence-electron chi connectivity index (χ1n) is 5.79. The number of hydrogen-bond donors (Lipinski definition) is 1. The number of rotatable bonds is 7. The molecule has 0 spiro atoms. The van der Waals surface area contributed by atoms with Crippen LogP contribution >= 0.6 is 0 Å². The number of unbranched alkanes of at least 4 members (excludes halogenated alkanes) is 4. The molecule has 0 aliphatic rings. The lowest BCUT2D eigenvalue weighted by Gasteiger charge is -1.90. The normalized spacial score (nSPS) is 9.14. The molecule has 2 nitrogen and oxygen atoms in total.